The lowest BCUT2D eigenvalue weighted by atomic mass is 9.79. The number of piperidine rings is 1. The lowest BCUT2D eigenvalue weighted by Gasteiger charge is -2.39. The van der Waals surface area contributed by atoms with Crippen LogP contribution in [0.25, 0.3) is 10.9 Å². The van der Waals surface area contributed by atoms with Crippen molar-refractivity contribution in [1.82, 2.24) is 14.9 Å². The molecule has 3 heterocycles. The van der Waals surface area contributed by atoms with Gasteiger partial charge in [-0.2, -0.15) is 0 Å². The zero-order valence-corrected chi connectivity index (χ0v) is 21.1. The molecule has 0 radical (unpaired) electrons. The number of carbonyl (C=O) groups is 1. The summed E-state index contributed by atoms with van der Waals surface area (Å²) in [6.07, 6.45) is 10.4. The third-order valence-electron chi connectivity index (χ3n) is 7.52. The Kier molecular flexibility index (Phi) is 9.25. The molecule has 0 aliphatic carbocycles. The minimum Gasteiger partial charge on any atom is -0.497 e. The Balaban J connectivity index is 1.35. The van der Waals surface area contributed by atoms with E-state index in [4.69, 9.17) is 4.74 Å². The average Bonchev–Trinajstić information content (AvgIpc) is 2.91. The topological polar surface area (TPSA) is 95.8 Å². The van der Waals surface area contributed by atoms with Gasteiger partial charge in [0.25, 0.3) is 0 Å². The zero-order chi connectivity index (χ0) is 25.3. The predicted octanol–water partition coefficient (Wildman–Crippen LogP) is 4.89. The highest BCUT2D eigenvalue weighted by Gasteiger charge is 2.30. The van der Waals surface area contributed by atoms with Crippen molar-refractivity contribution in [3.8, 4) is 5.75 Å². The average molecular weight is 492 g/mol. The third kappa shape index (κ3) is 7.02. The molecule has 0 amide bonds. The van der Waals surface area contributed by atoms with E-state index in [1.807, 2.05) is 36.5 Å². The molecule has 1 unspecified atom stereocenters. The Labute approximate surface area is 213 Å². The number of nitrogens with zero attached hydrogens (tertiary/aromatic N) is 3. The van der Waals surface area contributed by atoms with Crippen molar-refractivity contribution in [3.05, 3.63) is 66.1 Å². The van der Waals surface area contributed by atoms with Crippen LogP contribution in [0, 0.1) is 11.8 Å². The van der Waals surface area contributed by atoms with Crippen LogP contribution in [0.15, 0.2) is 55.0 Å². The second-order valence-corrected chi connectivity index (χ2v) is 9.88. The molecule has 3 atom stereocenters. The maximum atomic E-state index is 11.3. The van der Waals surface area contributed by atoms with E-state index in [2.05, 4.69) is 20.9 Å². The molecule has 1 aromatic carbocycles. The summed E-state index contributed by atoms with van der Waals surface area (Å²) in [7, 11) is 1.64. The molecule has 36 heavy (non-hydrogen) atoms. The molecular weight excluding hydrogens is 454 g/mol. The molecule has 7 nitrogen and oxygen atoms in total. The van der Waals surface area contributed by atoms with Crippen molar-refractivity contribution in [3.63, 3.8) is 0 Å². The highest BCUT2D eigenvalue weighted by Crippen LogP contribution is 2.35. The van der Waals surface area contributed by atoms with Crippen molar-refractivity contribution < 1.29 is 19.7 Å². The fourth-order valence-electron chi connectivity index (χ4n) is 5.52. The number of aryl methyl sites for hydroxylation is 1. The second-order valence-electron chi connectivity index (χ2n) is 9.88. The summed E-state index contributed by atoms with van der Waals surface area (Å²) >= 11 is 0. The number of ether oxygens (including phenoxy) is 1. The minimum absolute atomic E-state index is 0.196. The van der Waals surface area contributed by atoms with Gasteiger partial charge >= 0.3 is 5.97 Å². The summed E-state index contributed by atoms with van der Waals surface area (Å²) in [4.78, 5) is 22.4. The van der Waals surface area contributed by atoms with Gasteiger partial charge in [0.15, 0.2) is 0 Å². The van der Waals surface area contributed by atoms with E-state index in [9.17, 15) is 15.0 Å². The smallest absolute Gasteiger partial charge is 0.303 e. The van der Waals surface area contributed by atoms with Crippen LogP contribution in [0.4, 0.5) is 0 Å². The molecule has 1 aliphatic rings. The number of rotatable bonds is 12. The molecule has 7 heteroatoms. The maximum absolute atomic E-state index is 11.3. The number of fused-ring (bicyclic) bond motifs is 1. The largest absolute Gasteiger partial charge is 0.497 e. The number of aliphatic carboxylic acids is 1. The molecule has 2 N–H and O–H groups in total. The molecule has 1 aliphatic heterocycles. The van der Waals surface area contributed by atoms with E-state index in [-0.39, 0.29) is 6.42 Å². The Morgan fingerprint density at radius 3 is 2.86 bits per heavy atom. The van der Waals surface area contributed by atoms with Crippen molar-refractivity contribution in [2.75, 3.05) is 26.7 Å². The van der Waals surface area contributed by atoms with Gasteiger partial charge in [-0.25, -0.2) is 0 Å². The number of aliphatic hydroxyl groups is 1. The summed E-state index contributed by atoms with van der Waals surface area (Å²) in [5.41, 5.74) is 2.96. The van der Waals surface area contributed by atoms with Gasteiger partial charge < -0.3 is 19.8 Å². The Bertz CT molecular complexity index is 1120. The summed E-state index contributed by atoms with van der Waals surface area (Å²) in [5.74, 6) is 0.749. The van der Waals surface area contributed by atoms with Gasteiger partial charge in [-0.05, 0) is 105 Å². The number of hydrogen-bond acceptors (Lipinski definition) is 6. The molecule has 4 rings (SSSR count). The van der Waals surface area contributed by atoms with Gasteiger partial charge in [-0.15, -0.1) is 0 Å². The van der Waals surface area contributed by atoms with Gasteiger partial charge in [-0.1, -0.05) is 6.07 Å². The fraction of sp³-hybridized carbons (Fsp3) is 0.483. The highest BCUT2D eigenvalue weighted by molar-refractivity contribution is 5.83. The predicted molar refractivity (Wildman–Crippen MR) is 140 cm³/mol. The van der Waals surface area contributed by atoms with Crippen LogP contribution >= 0.6 is 0 Å². The van der Waals surface area contributed by atoms with E-state index in [1.165, 1.54) is 5.56 Å². The number of aliphatic hydroxyl groups excluding tert-OH is 1. The first-order valence-corrected chi connectivity index (χ1v) is 13.0. The number of carboxylic acids is 1. The van der Waals surface area contributed by atoms with Crippen molar-refractivity contribution in [1.29, 1.82) is 0 Å². The monoisotopic (exact) mass is 491 g/mol. The van der Waals surface area contributed by atoms with Crippen LogP contribution in [0.5, 0.6) is 5.75 Å². The van der Waals surface area contributed by atoms with Gasteiger partial charge in [0.05, 0.1) is 18.7 Å². The molecule has 1 fully saturated rings. The lowest BCUT2D eigenvalue weighted by Crippen LogP contribution is -2.41. The molecule has 0 saturated carbocycles. The SMILES string of the molecule is COc1ccc2nccc(C(O)CC[C@@H]3CCN(CCCc4cccnc4)C[C@@H]3CCC(=O)O)c2c1. The summed E-state index contributed by atoms with van der Waals surface area (Å²) in [6.45, 7) is 2.96. The van der Waals surface area contributed by atoms with Crippen LogP contribution in [-0.2, 0) is 11.2 Å². The Morgan fingerprint density at radius 2 is 2.08 bits per heavy atom. The van der Waals surface area contributed by atoms with E-state index < -0.39 is 12.1 Å². The van der Waals surface area contributed by atoms with Crippen LogP contribution in [0.2, 0.25) is 0 Å². The first-order valence-electron chi connectivity index (χ1n) is 13.0. The molecule has 192 valence electrons. The number of hydrogen-bond donors (Lipinski definition) is 2. The van der Waals surface area contributed by atoms with Gasteiger partial charge in [0.1, 0.15) is 5.75 Å². The maximum Gasteiger partial charge on any atom is 0.303 e. The molecule has 1 saturated heterocycles. The van der Waals surface area contributed by atoms with E-state index >= 15 is 0 Å². The van der Waals surface area contributed by atoms with E-state index in [0.717, 1.165) is 67.5 Å². The molecular formula is C29H37N3O4. The van der Waals surface area contributed by atoms with Crippen molar-refractivity contribution in [2.45, 2.75) is 51.0 Å². The van der Waals surface area contributed by atoms with Gasteiger partial charge in [-0.3, -0.25) is 14.8 Å². The molecule has 0 spiro atoms. The summed E-state index contributed by atoms with van der Waals surface area (Å²) < 4.78 is 5.37. The normalized spacial score (nSPS) is 19.3. The molecule has 3 aromatic rings. The first kappa shape index (κ1) is 26.0. The third-order valence-corrected chi connectivity index (χ3v) is 7.52. The fourth-order valence-corrected chi connectivity index (χ4v) is 5.52. The summed E-state index contributed by atoms with van der Waals surface area (Å²) in [6, 6.07) is 11.7. The number of likely N-dealkylation sites (tertiary alicyclic amines) is 1. The highest BCUT2D eigenvalue weighted by atomic mass is 16.5. The second kappa shape index (κ2) is 12.8. The van der Waals surface area contributed by atoms with Crippen LogP contribution in [0.1, 0.15) is 55.8 Å². The lowest BCUT2D eigenvalue weighted by molar-refractivity contribution is -0.137. The van der Waals surface area contributed by atoms with Crippen LogP contribution in [-0.4, -0.2) is 57.8 Å². The van der Waals surface area contributed by atoms with E-state index in [0.29, 0.717) is 24.7 Å². The number of carboxylic acid groups (broad SMARTS) is 1. The number of pyridine rings is 2. The standard InChI is InChI=1S/C29H37N3O4/c1-36-24-8-9-27-26(18-24)25(12-15-31-27)28(33)10-6-22-13-17-32(20-23(22)7-11-29(34)35)16-3-5-21-4-2-14-30-19-21/h2,4,8-9,12,14-15,18-19,22-23,28,33H,3,5-7,10-11,13,16-17,20H2,1H3,(H,34,35)/t22-,23+,28?/m1/s1. The quantitative estimate of drug-likeness (QED) is 0.372. The molecule has 0 bridgehead atoms. The van der Waals surface area contributed by atoms with E-state index in [1.54, 1.807) is 19.5 Å². The number of methoxy groups -OCH3 is 1. The summed E-state index contributed by atoms with van der Waals surface area (Å²) in [5, 5.41) is 21.3. The number of benzene rings is 1. The van der Waals surface area contributed by atoms with Gasteiger partial charge in [0.2, 0.25) is 0 Å². The van der Waals surface area contributed by atoms with Crippen LogP contribution < -0.4 is 4.74 Å². The Morgan fingerprint density at radius 1 is 1.19 bits per heavy atom. The van der Waals surface area contributed by atoms with Gasteiger partial charge in [0, 0.05) is 36.9 Å². The Hall–Kier alpha value is -3.03. The first-order chi connectivity index (χ1) is 17.5. The van der Waals surface area contributed by atoms with Crippen molar-refractivity contribution >= 4 is 16.9 Å². The number of aromatic nitrogens is 2. The van der Waals surface area contributed by atoms with Crippen LogP contribution in [0.3, 0.4) is 0 Å². The minimum atomic E-state index is -0.736. The zero-order valence-electron chi connectivity index (χ0n) is 21.1. The molecule has 2 aromatic heterocycles. The van der Waals surface area contributed by atoms with Crippen molar-refractivity contribution in [2.24, 2.45) is 11.8 Å².